The first-order valence-electron chi connectivity index (χ1n) is 9.79. The molecular formula is C21H30N2O4. The lowest BCUT2D eigenvalue weighted by Crippen LogP contribution is -2.48. The number of nitrogens with one attached hydrogen (secondary N) is 2. The van der Waals surface area contributed by atoms with Gasteiger partial charge < -0.3 is 25.0 Å². The van der Waals surface area contributed by atoms with E-state index in [1.807, 2.05) is 18.2 Å². The quantitative estimate of drug-likeness (QED) is 0.370. The summed E-state index contributed by atoms with van der Waals surface area (Å²) in [5.74, 6) is -0.395. The van der Waals surface area contributed by atoms with E-state index in [0.717, 1.165) is 24.8 Å². The number of rotatable bonds is 13. The van der Waals surface area contributed by atoms with Gasteiger partial charge in [0.05, 0.1) is 6.10 Å². The van der Waals surface area contributed by atoms with Crippen LogP contribution in [0.2, 0.25) is 0 Å². The van der Waals surface area contributed by atoms with E-state index in [9.17, 15) is 14.7 Å². The fraction of sp³-hybridized carbons (Fsp3) is 0.524. The third kappa shape index (κ3) is 6.81. The number of aliphatic hydroxyl groups excluding tert-OH is 1. The molecule has 2 rings (SSSR count). The van der Waals surface area contributed by atoms with Crippen molar-refractivity contribution in [1.82, 2.24) is 10.6 Å². The number of para-hydroxylation sites is 1. The highest BCUT2D eigenvalue weighted by Crippen LogP contribution is 2.18. The molecule has 1 aromatic heterocycles. The maximum Gasteiger partial charge on any atom is 0.287 e. The van der Waals surface area contributed by atoms with Crippen molar-refractivity contribution in [3.05, 3.63) is 36.1 Å². The summed E-state index contributed by atoms with van der Waals surface area (Å²) < 4.78 is 5.48. The van der Waals surface area contributed by atoms with Crippen LogP contribution in [-0.4, -0.2) is 42.5 Å². The van der Waals surface area contributed by atoms with Gasteiger partial charge >= 0.3 is 0 Å². The molecule has 148 valence electrons. The first kappa shape index (κ1) is 21.1. The molecule has 0 saturated heterocycles. The summed E-state index contributed by atoms with van der Waals surface area (Å²) in [4.78, 5) is 23.6. The molecule has 3 N–H and O–H groups in total. The van der Waals surface area contributed by atoms with E-state index < -0.39 is 18.1 Å². The standard InChI is InChI=1S/C21H30N2O4/c1-2-3-4-5-6-9-12-22-14-18(25)17(15-24)23-21(26)20-13-16-10-7-8-11-19(16)27-20/h7-8,10-11,13,15,17-18,22,25H,2-6,9,12,14H2,1H3,(H,23,26)/t17-,18+/m1/s1. The SMILES string of the molecule is CCCCCCCCNC[C@H](O)[C@@H](C=O)NC(=O)c1cc2ccccc2o1. The molecule has 2 aromatic rings. The molecule has 0 saturated carbocycles. The van der Waals surface area contributed by atoms with E-state index in [0.29, 0.717) is 11.9 Å². The highest BCUT2D eigenvalue weighted by Gasteiger charge is 2.22. The molecule has 0 fully saturated rings. The van der Waals surface area contributed by atoms with Crippen molar-refractivity contribution >= 4 is 23.2 Å². The zero-order valence-corrected chi connectivity index (χ0v) is 15.9. The molecule has 1 aromatic carbocycles. The average Bonchev–Trinajstić information content (AvgIpc) is 3.12. The predicted octanol–water partition coefficient (Wildman–Crippen LogP) is 3.04. The highest BCUT2D eigenvalue weighted by atomic mass is 16.3. The molecule has 0 aliphatic carbocycles. The summed E-state index contributed by atoms with van der Waals surface area (Å²) in [6.45, 7) is 3.23. The van der Waals surface area contributed by atoms with Crippen LogP contribution in [0.15, 0.2) is 34.7 Å². The van der Waals surface area contributed by atoms with Gasteiger partial charge in [0.25, 0.3) is 5.91 Å². The fourth-order valence-electron chi connectivity index (χ4n) is 2.94. The van der Waals surface area contributed by atoms with E-state index in [1.165, 1.54) is 25.7 Å². The van der Waals surface area contributed by atoms with Gasteiger partial charge in [-0.15, -0.1) is 0 Å². The van der Waals surface area contributed by atoms with Crippen LogP contribution in [0.1, 0.15) is 56.0 Å². The second-order valence-electron chi connectivity index (χ2n) is 6.82. The summed E-state index contributed by atoms with van der Waals surface area (Å²) >= 11 is 0. The predicted molar refractivity (Wildman–Crippen MR) is 106 cm³/mol. The second kappa shape index (κ2) is 11.5. The number of unbranched alkanes of at least 4 members (excludes halogenated alkanes) is 5. The number of benzene rings is 1. The summed E-state index contributed by atoms with van der Waals surface area (Å²) in [5.41, 5.74) is 0.603. The van der Waals surface area contributed by atoms with Crippen molar-refractivity contribution in [1.29, 1.82) is 0 Å². The number of fused-ring (bicyclic) bond motifs is 1. The van der Waals surface area contributed by atoms with Crippen LogP contribution in [0.4, 0.5) is 0 Å². The van der Waals surface area contributed by atoms with Crippen LogP contribution < -0.4 is 10.6 Å². The van der Waals surface area contributed by atoms with Crippen molar-refractivity contribution in [2.75, 3.05) is 13.1 Å². The molecular weight excluding hydrogens is 344 g/mol. The third-order valence-electron chi connectivity index (χ3n) is 4.57. The molecule has 0 radical (unpaired) electrons. The average molecular weight is 374 g/mol. The minimum absolute atomic E-state index is 0.121. The number of carbonyl (C=O) groups is 2. The van der Waals surface area contributed by atoms with Crippen LogP contribution >= 0.6 is 0 Å². The number of carbonyl (C=O) groups excluding carboxylic acids is 2. The van der Waals surface area contributed by atoms with Gasteiger partial charge in [-0.05, 0) is 25.1 Å². The van der Waals surface area contributed by atoms with Crippen LogP contribution in [0.3, 0.4) is 0 Å². The summed E-state index contributed by atoms with van der Waals surface area (Å²) in [7, 11) is 0. The Balaban J connectivity index is 1.73. The zero-order chi connectivity index (χ0) is 19.5. The molecule has 1 heterocycles. The number of amides is 1. The van der Waals surface area contributed by atoms with E-state index in [1.54, 1.807) is 12.1 Å². The van der Waals surface area contributed by atoms with Gasteiger partial charge in [-0.3, -0.25) is 4.79 Å². The lowest BCUT2D eigenvalue weighted by Gasteiger charge is -2.19. The Kier molecular flexibility index (Phi) is 9.01. The summed E-state index contributed by atoms with van der Waals surface area (Å²) in [6.07, 6.45) is 6.75. The van der Waals surface area contributed by atoms with E-state index in [4.69, 9.17) is 4.42 Å². The molecule has 1 amide bonds. The van der Waals surface area contributed by atoms with Crippen molar-refractivity contribution in [2.24, 2.45) is 0 Å². The summed E-state index contributed by atoms with van der Waals surface area (Å²) in [6, 6.07) is 7.92. The number of aliphatic hydroxyl groups is 1. The number of aldehydes is 1. The topological polar surface area (TPSA) is 91.6 Å². The first-order valence-corrected chi connectivity index (χ1v) is 9.79. The van der Waals surface area contributed by atoms with E-state index in [-0.39, 0.29) is 12.3 Å². The van der Waals surface area contributed by atoms with Crippen LogP contribution in [0.5, 0.6) is 0 Å². The third-order valence-corrected chi connectivity index (χ3v) is 4.57. The Morgan fingerprint density at radius 3 is 2.67 bits per heavy atom. The van der Waals surface area contributed by atoms with Gasteiger partial charge in [0.2, 0.25) is 0 Å². The largest absolute Gasteiger partial charge is 0.451 e. The van der Waals surface area contributed by atoms with Gasteiger partial charge in [0, 0.05) is 11.9 Å². The lowest BCUT2D eigenvalue weighted by molar-refractivity contribution is -0.111. The van der Waals surface area contributed by atoms with Gasteiger partial charge in [-0.1, -0.05) is 57.2 Å². The van der Waals surface area contributed by atoms with Gasteiger partial charge in [0.1, 0.15) is 17.9 Å². The van der Waals surface area contributed by atoms with Crippen molar-refractivity contribution < 1.29 is 19.1 Å². The minimum atomic E-state index is -0.990. The molecule has 6 nitrogen and oxygen atoms in total. The Morgan fingerprint density at radius 2 is 1.93 bits per heavy atom. The monoisotopic (exact) mass is 374 g/mol. The maximum absolute atomic E-state index is 12.3. The van der Waals surface area contributed by atoms with Crippen molar-refractivity contribution in [2.45, 2.75) is 57.6 Å². The molecule has 27 heavy (non-hydrogen) atoms. The lowest BCUT2D eigenvalue weighted by atomic mass is 10.1. The van der Waals surface area contributed by atoms with Crippen molar-refractivity contribution in [3.8, 4) is 0 Å². The van der Waals surface area contributed by atoms with Crippen molar-refractivity contribution in [3.63, 3.8) is 0 Å². The zero-order valence-electron chi connectivity index (χ0n) is 15.9. The van der Waals surface area contributed by atoms with Crippen LogP contribution in [0.25, 0.3) is 11.0 Å². The number of hydrogen-bond donors (Lipinski definition) is 3. The van der Waals surface area contributed by atoms with E-state index in [2.05, 4.69) is 17.6 Å². The van der Waals surface area contributed by atoms with Gasteiger partial charge in [-0.2, -0.15) is 0 Å². The smallest absolute Gasteiger partial charge is 0.287 e. The molecule has 6 heteroatoms. The molecule has 0 aliphatic heterocycles. The molecule has 2 atom stereocenters. The molecule has 0 spiro atoms. The molecule has 0 aliphatic rings. The normalized spacial score (nSPS) is 13.4. The maximum atomic E-state index is 12.3. The Bertz CT molecular complexity index is 680. The van der Waals surface area contributed by atoms with E-state index >= 15 is 0 Å². The molecule has 0 bridgehead atoms. The Morgan fingerprint density at radius 1 is 1.19 bits per heavy atom. The Labute approximate surface area is 160 Å². The number of furan rings is 1. The molecule has 0 unspecified atom stereocenters. The number of hydrogen-bond acceptors (Lipinski definition) is 5. The minimum Gasteiger partial charge on any atom is -0.451 e. The van der Waals surface area contributed by atoms with Gasteiger partial charge in [-0.25, -0.2) is 0 Å². The Hall–Kier alpha value is -2.18. The summed E-state index contributed by atoms with van der Waals surface area (Å²) in [5, 5.41) is 16.7. The van der Waals surface area contributed by atoms with Crippen LogP contribution in [0, 0.1) is 0 Å². The van der Waals surface area contributed by atoms with Gasteiger partial charge in [0.15, 0.2) is 5.76 Å². The highest BCUT2D eigenvalue weighted by molar-refractivity contribution is 5.97. The first-order chi connectivity index (χ1) is 13.2. The fourth-order valence-corrected chi connectivity index (χ4v) is 2.94. The van der Waals surface area contributed by atoms with Crippen LogP contribution in [-0.2, 0) is 4.79 Å². The second-order valence-corrected chi connectivity index (χ2v) is 6.82.